The second-order valence-corrected chi connectivity index (χ2v) is 12.4. The number of carbonyl (C=O) groups excluding carboxylic acids is 1. The number of anilines is 1. The van der Waals surface area contributed by atoms with Crippen LogP contribution in [0.15, 0.2) is 48.5 Å². The van der Waals surface area contributed by atoms with Crippen molar-refractivity contribution in [1.82, 2.24) is 15.1 Å². The molecule has 11 heteroatoms. The summed E-state index contributed by atoms with van der Waals surface area (Å²) in [4.78, 5) is 17.2. The van der Waals surface area contributed by atoms with Crippen molar-refractivity contribution in [2.75, 3.05) is 37.2 Å². The first-order valence-corrected chi connectivity index (χ1v) is 15.1. The Morgan fingerprint density at radius 2 is 1.64 bits per heavy atom. The zero-order chi connectivity index (χ0) is 27.8. The molecule has 0 bridgehead atoms. The molecular weight excluding hydrogens is 540 g/mol. The summed E-state index contributed by atoms with van der Waals surface area (Å²) in [5, 5.41) is 12.9. The molecule has 0 unspecified atom stereocenters. The lowest BCUT2D eigenvalue weighted by atomic mass is 10.0. The van der Waals surface area contributed by atoms with E-state index in [1.165, 1.54) is 5.56 Å². The maximum atomic E-state index is 12.9. The minimum Gasteiger partial charge on any atom is -0.457 e. The zero-order valence-electron chi connectivity index (χ0n) is 23.4. The molecule has 1 aliphatic heterocycles. The van der Waals surface area contributed by atoms with E-state index in [0.717, 1.165) is 58.1 Å². The van der Waals surface area contributed by atoms with Crippen molar-refractivity contribution in [3.63, 3.8) is 0 Å². The average molecular weight is 583 g/mol. The predicted molar refractivity (Wildman–Crippen MR) is 158 cm³/mol. The average Bonchev–Trinajstić information content (AvgIpc) is 2.85. The molecule has 9 nitrogen and oxygen atoms in total. The molecule has 0 spiro atoms. The van der Waals surface area contributed by atoms with Crippen LogP contribution in [-0.4, -0.2) is 73.4 Å². The molecule has 2 aromatic rings. The molecular formula is C28H43ClN4O5S. The van der Waals surface area contributed by atoms with E-state index in [2.05, 4.69) is 34.0 Å². The van der Waals surface area contributed by atoms with E-state index in [4.69, 9.17) is 4.74 Å². The molecule has 2 aromatic carbocycles. The number of urea groups is 1. The number of likely N-dealkylation sites (tertiary alicyclic amines) is 1. The van der Waals surface area contributed by atoms with Gasteiger partial charge in [-0.2, -0.15) is 0 Å². The number of nitrogens with zero attached hydrogens (tertiary/aromatic N) is 2. The van der Waals surface area contributed by atoms with Crippen LogP contribution in [0.2, 0.25) is 0 Å². The molecule has 0 radical (unpaired) electrons. The molecule has 39 heavy (non-hydrogen) atoms. The molecule has 0 atom stereocenters. The van der Waals surface area contributed by atoms with Crippen LogP contribution >= 0.6 is 12.4 Å². The van der Waals surface area contributed by atoms with Gasteiger partial charge in [0.25, 0.3) is 0 Å². The number of ether oxygens (including phenoxy) is 1. The van der Waals surface area contributed by atoms with E-state index in [1.54, 1.807) is 38.1 Å². The third-order valence-electron chi connectivity index (χ3n) is 6.41. The lowest BCUT2D eigenvalue weighted by molar-refractivity contribution is 0.0746. The number of unbranched alkanes of at least 4 members (excludes halogenated alkanes) is 1. The van der Waals surface area contributed by atoms with Crippen molar-refractivity contribution in [3.05, 3.63) is 54.1 Å². The Hall–Kier alpha value is -2.53. The molecule has 1 saturated heterocycles. The van der Waals surface area contributed by atoms with E-state index in [9.17, 15) is 18.3 Å². The van der Waals surface area contributed by atoms with Gasteiger partial charge in [-0.25, -0.2) is 13.2 Å². The number of piperidine rings is 1. The Bertz CT molecular complexity index is 1130. The van der Waals surface area contributed by atoms with Gasteiger partial charge in [-0.05, 0) is 75.1 Å². The number of rotatable bonds is 12. The smallest absolute Gasteiger partial charge is 0.317 e. The summed E-state index contributed by atoms with van der Waals surface area (Å²) in [6.45, 7) is 9.14. The first kappa shape index (κ1) is 32.7. The fourth-order valence-electron chi connectivity index (χ4n) is 4.42. The lowest BCUT2D eigenvalue weighted by Crippen LogP contribution is -2.52. The van der Waals surface area contributed by atoms with Crippen LogP contribution in [-0.2, 0) is 16.6 Å². The molecule has 0 saturated carbocycles. The van der Waals surface area contributed by atoms with Crippen LogP contribution in [0.4, 0.5) is 10.5 Å². The number of nitrogens with one attached hydrogen (secondary N) is 2. The Balaban J connectivity index is 0.00000533. The number of halogens is 1. The van der Waals surface area contributed by atoms with Crippen LogP contribution in [0.1, 0.15) is 52.0 Å². The molecule has 3 rings (SSSR count). The van der Waals surface area contributed by atoms with Crippen LogP contribution in [0, 0.1) is 0 Å². The second-order valence-electron chi connectivity index (χ2n) is 10.7. The summed E-state index contributed by atoms with van der Waals surface area (Å²) in [6.07, 6.45) is 4.95. The van der Waals surface area contributed by atoms with Gasteiger partial charge in [0.15, 0.2) is 0 Å². The quantitative estimate of drug-likeness (QED) is 0.331. The summed E-state index contributed by atoms with van der Waals surface area (Å²) in [5.74, 6) is 1.33. The summed E-state index contributed by atoms with van der Waals surface area (Å²) >= 11 is 0. The van der Waals surface area contributed by atoms with Crippen molar-refractivity contribution in [3.8, 4) is 11.5 Å². The SMILES string of the molecule is CCCCN(C(=O)NCC(C)(C)O)C1CCN(Cc2ccc(Oc3ccc(NS(C)(=O)=O)cc3)cc2)CC1.Cl. The van der Waals surface area contributed by atoms with Gasteiger partial charge in [-0.15, -0.1) is 12.4 Å². The third-order valence-corrected chi connectivity index (χ3v) is 7.01. The van der Waals surface area contributed by atoms with Gasteiger partial charge >= 0.3 is 6.03 Å². The number of hydrogen-bond donors (Lipinski definition) is 3. The highest BCUT2D eigenvalue weighted by atomic mass is 35.5. The molecule has 3 N–H and O–H groups in total. The van der Waals surface area contributed by atoms with Crippen molar-refractivity contribution in [1.29, 1.82) is 0 Å². The van der Waals surface area contributed by atoms with Gasteiger partial charge in [-0.3, -0.25) is 9.62 Å². The monoisotopic (exact) mass is 582 g/mol. The largest absolute Gasteiger partial charge is 0.457 e. The Labute approximate surface area is 239 Å². The van der Waals surface area contributed by atoms with Crippen molar-refractivity contribution in [2.24, 2.45) is 0 Å². The van der Waals surface area contributed by atoms with Crippen LogP contribution in [0.5, 0.6) is 11.5 Å². The van der Waals surface area contributed by atoms with Crippen LogP contribution < -0.4 is 14.8 Å². The molecule has 2 amide bonds. The van der Waals surface area contributed by atoms with E-state index in [0.29, 0.717) is 17.2 Å². The summed E-state index contributed by atoms with van der Waals surface area (Å²) in [6, 6.07) is 14.9. The molecule has 0 aliphatic carbocycles. The maximum Gasteiger partial charge on any atom is 0.317 e. The summed E-state index contributed by atoms with van der Waals surface area (Å²) in [5.41, 5.74) is 0.745. The van der Waals surface area contributed by atoms with Gasteiger partial charge in [0.05, 0.1) is 11.9 Å². The van der Waals surface area contributed by atoms with Crippen molar-refractivity contribution >= 4 is 34.1 Å². The number of benzene rings is 2. The first-order valence-electron chi connectivity index (χ1n) is 13.3. The number of amides is 2. The van der Waals surface area contributed by atoms with Gasteiger partial charge in [0.1, 0.15) is 11.5 Å². The van der Waals surface area contributed by atoms with Crippen molar-refractivity contribution < 1.29 is 23.1 Å². The number of sulfonamides is 1. The highest BCUT2D eigenvalue weighted by Crippen LogP contribution is 2.25. The van der Waals surface area contributed by atoms with E-state index >= 15 is 0 Å². The number of hydrogen-bond acceptors (Lipinski definition) is 6. The first-order chi connectivity index (χ1) is 17.9. The van der Waals surface area contributed by atoms with Crippen molar-refractivity contribution in [2.45, 2.75) is 64.6 Å². The molecule has 1 fully saturated rings. The van der Waals surface area contributed by atoms with Crippen LogP contribution in [0.25, 0.3) is 0 Å². The minimum absolute atomic E-state index is 0. The number of aliphatic hydroxyl groups is 1. The van der Waals surface area contributed by atoms with E-state index < -0.39 is 15.6 Å². The van der Waals surface area contributed by atoms with Gasteiger partial charge < -0.3 is 20.1 Å². The maximum absolute atomic E-state index is 12.9. The molecule has 218 valence electrons. The van der Waals surface area contributed by atoms with Gasteiger partial charge in [0.2, 0.25) is 10.0 Å². The summed E-state index contributed by atoms with van der Waals surface area (Å²) < 4.78 is 31.0. The standard InChI is InChI=1S/C28H42N4O5S.ClH/c1-5-6-17-32(27(33)29-21-28(2,3)34)24-15-18-31(19-16-24)20-22-7-11-25(12-8-22)37-26-13-9-23(10-14-26)30-38(4,35)36;/h7-14,24,30,34H,5-6,15-21H2,1-4H3,(H,29,33);1H. The Morgan fingerprint density at radius 1 is 1.08 bits per heavy atom. The lowest BCUT2D eigenvalue weighted by Gasteiger charge is -2.39. The zero-order valence-corrected chi connectivity index (χ0v) is 25.0. The van der Waals surface area contributed by atoms with Crippen LogP contribution in [0.3, 0.4) is 0 Å². The summed E-state index contributed by atoms with van der Waals surface area (Å²) in [7, 11) is -3.31. The normalized spacial score (nSPS) is 14.8. The molecule has 1 aliphatic rings. The predicted octanol–water partition coefficient (Wildman–Crippen LogP) is 4.82. The topological polar surface area (TPSA) is 111 Å². The molecule has 1 heterocycles. The molecule has 0 aromatic heterocycles. The Kier molecular flexibility index (Phi) is 12.4. The number of carbonyl (C=O) groups is 1. The van der Waals surface area contributed by atoms with Gasteiger partial charge in [0, 0.05) is 44.5 Å². The second kappa shape index (κ2) is 14.7. The fraction of sp³-hybridized carbons (Fsp3) is 0.536. The highest BCUT2D eigenvalue weighted by Gasteiger charge is 2.28. The van der Waals surface area contributed by atoms with E-state index in [1.807, 2.05) is 17.0 Å². The van der Waals surface area contributed by atoms with E-state index in [-0.39, 0.29) is 31.0 Å². The fourth-order valence-corrected chi connectivity index (χ4v) is 4.99. The third kappa shape index (κ3) is 11.6. The Morgan fingerprint density at radius 3 is 2.15 bits per heavy atom. The highest BCUT2D eigenvalue weighted by molar-refractivity contribution is 7.92. The van der Waals surface area contributed by atoms with Gasteiger partial charge in [-0.1, -0.05) is 25.5 Å². The minimum atomic E-state index is -3.31.